The van der Waals surface area contributed by atoms with Crippen molar-refractivity contribution in [2.45, 2.75) is 77.3 Å². The summed E-state index contributed by atoms with van der Waals surface area (Å²) in [5, 5.41) is 1.10. The monoisotopic (exact) mass is 741 g/mol. The summed E-state index contributed by atoms with van der Waals surface area (Å²) in [5.74, 6) is 1.61. The average Bonchev–Trinajstić information content (AvgIpc) is 3.95. The number of hydrogen-bond donors (Lipinski definition) is 0. The minimum absolute atomic E-state index is 0.0471. The third-order valence-electron chi connectivity index (χ3n) is 10.2. The standard InChI is InChI=1S/C43H55N3O8/c1-43(2,3)54-42(48)44-15-14-36(38-26-45(40-11-9-8-10-37(38)40)24-30-20-34(51-6)23-35(21-30)52-7)39(27-44)41(47)46(32-12-13-32)25-29-18-31(22-33(19-29)50-5)28-53-17-16-49-4/h8-11,18-23,26,32,36,39H,12-17,24-25,27-28H2,1-7H3/t36-,39+/m1/s1. The van der Waals surface area contributed by atoms with Gasteiger partial charge in [0.05, 0.1) is 47.1 Å². The Morgan fingerprint density at radius 3 is 2.15 bits per heavy atom. The van der Waals surface area contributed by atoms with Crippen molar-refractivity contribution in [3.63, 3.8) is 0 Å². The zero-order chi connectivity index (χ0) is 38.4. The fraction of sp³-hybridized carbons (Fsp3) is 0.488. The van der Waals surface area contributed by atoms with Crippen molar-refractivity contribution in [2.75, 3.05) is 54.7 Å². The van der Waals surface area contributed by atoms with Crippen LogP contribution in [0, 0.1) is 5.92 Å². The lowest BCUT2D eigenvalue weighted by molar-refractivity contribution is -0.139. The van der Waals surface area contributed by atoms with Crippen LogP contribution in [0.1, 0.15) is 68.2 Å². The molecule has 1 aliphatic heterocycles. The lowest BCUT2D eigenvalue weighted by atomic mass is 9.79. The quantitative estimate of drug-likeness (QED) is 0.116. The van der Waals surface area contributed by atoms with Crippen LogP contribution in [0.15, 0.2) is 66.9 Å². The van der Waals surface area contributed by atoms with Gasteiger partial charge in [-0.1, -0.05) is 24.3 Å². The number of carbonyl (C=O) groups excluding carboxylic acids is 2. The molecule has 0 unspecified atom stereocenters. The highest BCUT2D eigenvalue weighted by Crippen LogP contribution is 2.42. The Hall–Kier alpha value is -4.74. The molecular weight excluding hydrogens is 686 g/mol. The highest BCUT2D eigenvalue weighted by molar-refractivity contribution is 5.87. The Morgan fingerprint density at radius 1 is 0.815 bits per heavy atom. The third kappa shape index (κ3) is 9.49. The molecule has 11 nitrogen and oxygen atoms in total. The molecule has 0 radical (unpaired) electrons. The number of para-hydroxylation sites is 1. The first-order valence-electron chi connectivity index (χ1n) is 18.8. The van der Waals surface area contributed by atoms with Crippen LogP contribution in [0.3, 0.4) is 0 Å². The van der Waals surface area contributed by atoms with Crippen molar-refractivity contribution in [2.24, 2.45) is 5.92 Å². The molecule has 2 fully saturated rings. The van der Waals surface area contributed by atoms with Gasteiger partial charge in [0, 0.05) is 68.4 Å². The molecule has 54 heavy (non-hydrogen) atoms. The van der Waals surface area contributed by atoms with Crippen LogP contribution >= 0.6 is 0 Å². The predicted octanol–water partition coefficient (Wildman–Crippen LogP) is 7.41. The molecule has 2 aliphatic rings. The van der Waals surface area contributed by atoms with Gasteiger partial charge in [0.15, 0.2) is 0 Å². The van der Waals surface area contributed by atoms with Crippen LogP contribution in [0.2, 0.25) is 0 Å². The van der Waals surface area contributed by atoms with Crippen LogP contribution in [-0.4, -0.2) is 92.8 Å². The number of piperidine rings is 1. The number of nitrogens with zero attached hydrogens (tertiary/aromatic N) is 3. The molecule has 0 N–H and O–H groups in total. The van der Waals surface area contributed by atoms with Gasteiger partial charge in [0.1, 0.15) is 22.8 Å². The van der Waals surface area contributed by atoms with Crippen LogP contribution in [0.4, 0.5) is 4.79 Å². The molecule has 11 heteroatoms. The summed E-state index contributed by atoms with van der Waals surface area (Å²) >= 11 is 0. The van der Waals surface area contributed by atoms with Gasteiger partial charge in [-0.3, -0.25) is 4.79 Å². The Labute approximate surface area is 319 Å². The molecule has 1 saturated heterocycles. The largest absolute Gasteiger partial charge is 0.497 e. The van der Waals surface area contributed by atoms with Gasteiger partial charge < -0.3 is 42.8 Å². The predicted molar refractivity (Wildman–Crippen MR) is 207 cm³/mol. The van der Waals surface area contributed by atoms with E-state index in [4.69, 9.17) is 28.4 Å². The van der Waals surface area contributed by atoms with Crippen molar-refractivity contribution < 1.29 is 38.0 Å². The van der Waals surface area contributed by atoms with E-state index in [0.717, 1.165) is 57.5 Å². The lowest BCUT2D eigenvalue weighted by Gasteiger charge is -2.40. The second-order valence-corrected chi connectivity index (χ2v) is 15.3. The van der Waals surface area contributed by atoms with E-state index in [9.17, 15) is 4.79 Å². The Balaban J connectivity index is 1.35. The van der Waals surface area contributed by atoms with E-state index in [1.807, 2.05) is 68.1 Å². The Bertz CT molecular complexity index is 1890. The molecule has 6 rings (SSSR count). The summed E-state index contributed by atoms with van der Waals surface area (Å²) in [6, 6.07) is 20.4. The van der Waals surface area contributed by atoms with Gasteiger partial charge >= 0.3 is 6.09 Å². The normalized spacial score (nSPS) is 17.4. The van der Waals surface area contributed by atoms with Crippen molar-refractivity contribution in [3.8, 4) is 17.2 Å². The van der Waals surface area contributed by atoms with E-state index in [1.54, 1.807) is 33.3 Å². The Morgan fingerprint density at radius 2 is 1.48 bits per heavy atom. The number of hydrogen-bond acceptors (Lipinski definition) is 8. The molecule has 4 aromatic rings. The molecule has 2 amide bonds. The second kappa shape index (κ2) is 17.2. The van der Waals surface area contributed by atoms with E-state index in [-0.39, 0.29) is 24.4 Å². The maximum absolute atomic E-state index is 15.1. The number of amides is 2. The van der Waals surface area contributed by atoms with Gasteiger partial charge in [-0.05, 0) is 92.6 Å². The maximum atomic E-state index is 15.1. The summed E-state index contributed by atoms with van der Waals surface area (Å²) in [6.07, 6.45) is 4.32. The molecule has 1 saturated carbocycles. The van der Waals surface area contributed by atoms with Crippen molar-refractivity contribution in [1.29, 1.82) is 0 Å². The molecule has 1 aliphatic carbocycles. The highest BCUT2D eigenvalue weighted by Gasteiger charge is 2.44. The number of ether oxygens (including phenoxy) is 6. The molecule has 3 aromatic carbocycles. The van der Waals surface area contributed by atoms with Crippen LogP contribution < -0.4 is 14.2 Å². The molecule has 1 aromatic heterocycles. The van der Waals surface area contributed by atoms with Crippen LogP contribution in [0.25, 0.3) is 10.9 Å². The SMILES string of the molecule is COCCOCc1cc(CN(C(=O)[C@H]2CN(C(=O)OC(C)(C)C)CC[C@@H]2c2cn(Cc3cc(OC)cc(OC)c3)c3ccccc23)C2CC2)cc(OC)c1. The fourth-order valence-corrected chi connectivity index (χ4v) is 7.46. The first-order valence-corrected chi connectivity index (χ1v) is 18.8. The molecule has 0 spiro atoms. The lowest BCUT2D eigenvalue weighted by Crippen LogP contribution is -2.51. The summed E-state index contributed by atoms with van der Waals surface area (Å²) in [4.78, 5) is 32.4. The van der Waals surface area contributed by atoms with Gasteiger partial charge in [0.2, 0.25) is 5.91 Å². The average molecular weight is 742 g/mol. The highest BCUT2D eigenvalue weighted by atomic mass is 16.6. The summed E-state index contributed by atoms with van der Waals surface area (Å²) in [7, 11) is 6.61. The van der Waals surface area contributed by atoms with Crippen molar-refractivity contribution in [1.82, 2.24) is 14.4 Å². The maximum Gasteiger partial charge on any atom is 0.410 e. The number of fused-ring (bicyclic) bond motifs is 1. The number of likely N-dealkylation sites (tertiary alicyclic amines) is 1. The van der Waals surface area contributed by atoms with E-state index in [0.29, 0.717) is 51.6 Å². The van der Waals surface area contributed by atoms with Crippen molar-refractivity contribution >= 4 is 22.9 Å². The van der Waals surface area contributed by atoms with E-state index in [1.165, 1.54) is 0 Å². The van der Waals surface area contributed by atoms with E-state index >= 15 is 4.79 Å². The molecule has 0 bridgehead atoms. The minimum Gasteiger partial charge on any atom is -0.497 e. The molecule has 2 atom stereocenters. The minimum atomic E-state index is -0.652. The van der Waals surface area contributed by atoms with Crippen molar-refractivity contribution in [3.05, 3.63) is 89.1 Å². The zero-order valence-electron chi connectivity index (χ0n) is 32.8. The summed E-state index contributed by atoms with van der Waals surface area (Å²) < 4.78 is 35.8. The topological polar surface area (TPSA) is 101 Å². The fourth-order valence-electron chi connectivity index (χ4n) is 7.46. The summed E-state index contributed by atoms with van der Waals surface area (Å²) in [6.45, 7) is 8.79. The number of benzene rings is 3. The van der Waals surface area contributed by atoms with Crippen LogP contribution in [-0.2, 0) is 38.7 Å². The van der Waals surface area contributed by atoms with Gasteiger partial charge in [-0.2, -0.15) is 0 Å². The van der Waals surface area contributed by atoms with E-state index < -0.39 is 17.6 Å². The van der Waals surface area contributed by atoms with E-state index in [2.05, 4.69) is 29.0 Å². The number of carbonyl (C=O) groups is 2. The molecule has 2 heterocycles. The molecular formula is C43H55N3O8. The zero-order valence-corrected chi connectivity index (χ0v) is 32.8. The molecule has 290 valence electrons. The first-order chi connectivity index (χ1) is 26.0. The third-order valence-corrected chi connectivity index (χ3v) is 10.2. The first kappa shape index (κ1) is 39.0. The van der Waals surface area contributed by atoms with Gasteiger partial charge in [0.25, 0.3) is 0 Å². The second-order valence-electron chi connectivity index (χ2n) is 15.3. The smallest absolute Gasteiger partial charge is 0.410 e. The van der Waals surface area contributed by atoms with Crippen LogP contribution in [0.5, 0.6) is 17.2 Å². The Kier molecular flexibility index (Phi) is 12.4. The van der Waals surface area contributed by atoms with Gasteiger partial charge in [-0.25, -0.2) is 4.79 Å². The van der Waals surface area contributed by atoms with Gasteiger partial charge in [-0.15, -0.1) is 0 Å². The number of aromatic nitrogens is 1. The summed E-state index contributed by atoms with van der Waals surface area (Å²) in [5.41, 5.74) is 4.51. The number of rotatable bonds is 15. The number of methoxy groups -OCH3 is 4.